The van der Waals surface area contributed by atoms with Crippen molar-refractivity contribution in [3.05, 3.63) is 98.4 Å². The van der Waals surface area contributed by atoms with E-state index in [1.54, 1.807) is 22.2 Å². The van der Waals surface area contributed by atoms with Crippen molar-refractivity contribution in [2.45, 2.75) is 50.7 Å². The fourth-order valence-corrected chi connectivity index (χ4v) is 6.50. The molecule has 0 saturated carbocycles. The van der Waals surface area contributed by atoms with Crippen molar-refractivity contribution in [3.63, 3.8) is 0 Å². The summed E-state index contributed by atoms with van der Waals surface area (Å²) >= 11 is 1.71. The molecule has 4 aromatic rings. The van der Waals surface area contributed by atoms with Crippen LogP contribution in [0, 0.1) is 0 Å². The normalized spacial score (nSPS) is 18.3. The van der Waals surface area contributed by atoms with Gasteiger partial charge in [-0.15, -0.1) is 11.3 Å². The Labute approximate surface area is 185 Å². The van der Waals surface area contributed by atoms with Crippen LogP contribution in [-0.4, -0.2) is 21.6 Å². The van der Waals surface area contributed by atoms with Crippen molar-refractivity contribution < 1.29 is 0 Å². The maximum Gasteiger partial charge on any atom is 0.262 e. The van der Waals surface area contributed by atoms with Gasteiger partial charge in [0.15, 0.2) is 0 Å². The Hall–Kier alpha value is -2.76. The molecule has 2 aliphatic rings. The van der Waals surface area contributed by atoms with Crippen LogP contribution in [0.5, 0.6) is 0 Å². The van der Waals surface area contributed by atoms with Crippen molar-refractivity contribution in [2.75, 3.05) is 0 Å². The molecule has 31 heavy (non-hydrogen) atoms. The van der Waals surface area contributed by atoms with Gasteiger partial charge in [0.25, 0.3) is 5.56 Å². The van der Waals surface area contributed by atoms with Crippen LogP contribution in [0.25, 0.3) is 10.2 Å². The van der Waals surface area contributed by atoms with E-state index in [1.807, 2.05) is 18.2 Å². The molecular formula is C26H25N3OS. The van der Waals surface area contributed by atoms with Crippen LogP contribution in [0.15, 0.2) is 65.7 Å². The molecule has 0 aliphatic heterocycles. The summed E-state index contributed by atoms with van der Waals surface area (Å²) in [6.45, 7) is 0.569. The SMILES string of the molecule is O=c1c2c3c(sc2ncn1Cc1ccccc1)CC(NC1Cc2ccccc2C1)CC3. The Bertz CT molecular complexity index is 1280. The molecule has 5 heteroatoms. The molecule has 1 unspecified atom stereocenters. The second-order valence-corrected chi connectivity index (χ2v) is 9.91. The molecule has 0 saturated heterocycles. The minimum absolute atomic E-state index is 0.101. The molecule has 2 aromatic heterocycles. The number of nitrogens with one attached hydrogen (secondary N) is 1. The van der Waals surface area contributed by atoms with Crippen LogP contribution in [0.3, 0.4) is 0 Å². The molecule has 2 aliphatic carbocycles. The Morgan fingerprint density at radius 3 is 2.48 bits per heavy atom. The Morgan fingerprint density at radius 2 is 1.71 bits per heavy atom. The van der Waals surface area contributed by atoms with Crippen LogP contribution in [0.2, 0.25) is 0 Å². The molecule has 6 rings (SSSR count). The number of hydrogen-bond donors (Lipinski definition) is 1. The summed E-state index contributed by atoms with van der Waals surface area (Å²) in [5.41, 5.74) is 5.44. The summed E-state index contributed by atoms with van der Waals surface area (Å²) < 4.78 is 1.75. The highest BCUT2D eigenvalue weighted by atomic mass is 32.1. The lowest BCUT2D eigenvalue weighted by Gasteiger charge is -2.26. The molecule has 0 bridgehead atoms. The lowest BCUT2D eigenvalue weighted by atomic mass is 9.92. The van der Waals surface area contributed by atoms with E-state index in [9.17, 15) is 4.79 Å². The van der Waals surface area contributed by atoms with Gasteiger partial charge >= 0.3 is 0 Å². The lowest BCUT2D eigenvalue weighted by molar-refractivity contribution is 0.402. The number of hydrogen-bond acceptors (Lipinski definition) is 4. The second-order valence-electron chi connectivity index (χ2n) is 8.83. The van der Waals surface area contributed by atoms with Crippen LogP contribution in [0.1, 0.15) is 33.6 Å². The smallest absolute Gasteiger partial charge is 0.262 e. The average Bonchev–Trinajstić information content (AvgIpc) is 3.37. The third kappa shape index (κ3) is 3.52. The molecule has 0 amide bonds. The largest absolute Gasteiger partial charge is 0.310 e. The first kappa shape index (κ1) is 19.0. The van der Waals surface area contributed by atoms with E-state index in [0.717, 1.165) is 47.9 Å². The number of rotatable bonds is 4. The van der Waals surface area contributed by atoms with Crippen molar-refractivity contribution >= 4 is 21.6 Å². The number of aryl methyl sites for hydroxylation is 1. The maximum absolute atomic E-state index is 13.3. The monoisotopic (exact) mass is 427 g/mol. The number of nitrogens with zero attached hydrogens (tertiary/aromatic N) is 2. The second kappa shape index (κ2) is 7.74. The van der Waals surface area contributed by atoms with Gasteiger partial charge in [0.2, 0.25) is 0 Å². The summed E-state index contributed by atoms with van der Waals surface area (Å²) in [6.07, 6.45) is 7.00. The van der Waals surface area contributed by atoms with Gasteiger partial charge in [0.05, 0.1) is 18.3 Å². The number of thiophene rings is 1. The first-order valence-corrected chi connectivity index (χ1v) is 11.9. The van der Waals surface area contributed by atoms with Crippen LogP contribution >= 0.6 is 11.3 Å². The molecule has 2 heterocycles. The minimum atomic E-state index is 0.101. The van der Waals surface area contributed by atoms with Crippen molar-refractivity contribution in [2.24, 2.45) is 0 Å². The fraction of sp³-hybridized carbons (Fsp3) is 0.308. The van der Waals surface area contributed by atoms with Gasteiger partial charge in [-0.3, -0.25) is 9.36 Å². The van der Waals surface area contributed by atoms with E-state index in [1.165, 1.54) is 21.6 Å². The number of fused-ring (bicyclic) bond motifs is 4. The summed E-state index contributed by atoms with van der Waals surface area (Å²) in [5.74, 6) is 0. The quantitative estimate of drug-likeness (QED) is 0.533. The standard InChI is InChI=1S/C26H25N3OS/c30-26-24-22-11-10-20(28-21-12-18-8-4-5-9-19(18)13-21)14-23(22)31-25(24)27-16-29(26)15-17-6-2-1-3-7-17/h1-9,16,20-21,28H,10-15H2. The van der Waals surface area contributed by atoms with Crippen LogP contribution in [0.4, 0.5) is 0 Å². The van der Waals surface area contributed by atoms with Gasteiger partial charge in [0.1, 0.15) is 4.83 Å². The van der Waals surface area contributed by atoms with E-state index < -0.39 is 0 Å². The van der Waals surface area contributed by atoms with Crippen LogP contribution < -0.4 is 10.9 Å². The number of aromatic nitrogens is 2. The first-order chi connectivity index (χ1) is 15.2. The topological polar surface area (TPSA) is 46.9 Å². The van der Waals surface area contributed by atoms with E-state index in [4.69, 9.17) is 0 Å². The van der Waals surface area contributed by atoms with E-state index in [0.29, 0.717) is 18.6 Å². The van der Waals surface area contributed by atoms with E-state index in [-0.39, 0.29) is 5.56 Å². The Morgan fingerprint density at radius 1 is 0.968 bits per heavy atom. The predicted octanol–water partition coefficient (Wildman–Crippen LogP) is 4.12. The van der Waals surface area contributed by atoms with E-state index in [2.05, 4.69) is 46.7 Å². The molecule has 1 atom stereocenters. The Kier molecular flexibility index (Phi) is 4.73. The molecule has 0 spiro atoms. The Balaban J connectivity index is 1.23. The highest BCUT2D eigenvalue weighted by molar-refractivity contribution is 7.18. The van der Waals surface area contributed by atoms with Gasteiger partial charge in [-0.25, -0.2) is 4.98 Å². The molecule has 4 nitrogen and oxygen atoms in total. The summed E-state index contributed by atoms with van der Waals surface area (Å²) in [6, 6.07) is 19.9. The summed E-state index contributed by atoms with van der Waals surface area (Å²) in [5, 5.41) is 4.76. The fourth-order valence-electron chi connectivity index (χ4n) is 5.25. The van der Waals surface area contributed by atoms with Gasteiger partial charge in [0, 0.05) is 17.0 Å². The van der Waals surface area contributed by atoms with E-state index >= 15 is 0 Å². The predicted molar refractivity (Wildman–Crippen MR) is 126 cm³/mol. The third-order valence-corrected chi connectivity index (χ3v) is 7.92. The lowest BCUT2D eigenvalue weighted by Crippen LogP contribution is -2.41. The molecule has 1 N–H and O–H groups in total. The maximum atomic E-state index is 13.3. The average molecular weight is 428 g/mol. The number of benzene rings is 2. The van der Waals surface area contributed by atoms with Gasteiger partial charge in [-0.05, 0) is 54.4 Å². The van der Waals surface area contributed by atoms with Gasteiger partial charge in [-0.2, -0.15) is 0 Å². The van der Waals surface area contributed by atoms with Crippen molar-refractivity contribution in [3.8, 4) is 0 Å². The molecular weight excluding hydrogens is 402 g/mol. The molecule has 2 aromatic carbocycles. The highest BCUT2D eigenvalue weighted by Gasteiger charge is 2.28. The van der Waals surface area contributed by atoms with Gasteiger partial charge < -0.3 is 5.32 Å². The zero-order valence-electron chi connectivity index (χ0n) is 17.4. The summed E-state index contributed by atoms with van der Waals surface area (Å²) in [4.78, 5) is 20.2. The zero-order chi connectivity index (χ0) is 20.8. The van der Waals surface area contributed by atoms with Crippen LogP contribution in [-0.2, 0) is 32.2 Å². The zero-order valence-corrected chi connectivity index (χ0v) is 18.2. The third-order valence-electron chi connectivity index (χ3n) is 6.75. The molecule has 0 radical (unpaired) electrons. The minimum Gasteiger partial charge on any atom is -0.310 e. The van der Waals surface area contributed by atoms with Crippen molar-refractivity contribution in [1.29, 1.82) is 0 Å². The van der Waals surface area contributed by atoms with Gasteiger partial charge in [-0.1, -0.05) is 54.6 Å². The van der Waals surface area contributed by atoms with Crippen molar-refractivity contribution in [1.82, 2.24) is 14.9 Å². The molecule has 0 fully saturated rings. The summed E-state index contributed by atoms with van der Waals surface area (Å²) in [7, 11) is 0. The molecule has 156 valence electrons. The highest BCUT2D eigenvalue weighted by Crippen LogP contribution is 2.34. The first-order valence-electron chi connectivity index (χ1n) is 11.1.